The standard InChI is InChI=1S/C91H55B3N4O2/c1-54-50-73-81-74(51-54)98(87-61(57-30-10-4-11-31-57)38-23-39-62(87)58-32-12-5-13-33-58)78-53-76-83-91(100-80-49-21-17-43-68(80)93(83)70-45-25-41-66-64-35-15-19-47-72(64)96(76)89(66)70)85(78)94(81)84-77(97(73)86-59(55-26-6-2-7-27-55)36-22-37-60(86)56-28-8-3-9-29-56)52-75-82-90(84)99-79-48-20-16-42-67(79)92(82)69-44-24-40-65-63-34-14-18-46-71(63)95(75)88(65)69/h2-53H,1H3/i1D3,14D,15D,16D,17D,18D,19D,20D,21D,24D,25D,34D,35D,40D,41D,42D,43D,44D,45D,46D,47D,48D,49D. The molecule has 460 valence electrons. The Labute approximate surface area is 613 Å². The summed E-state index contributed by atoms with van der Waals surface area (Å²) in [7, 11) is 0. The topological polar surface area (TPSA) is 34.8 Å². The molecule has 0 aliphatic carbocycles. The molecule has 0 fully saturated rings. The van der Waals surface area contributed by atoms with E-state index in [2.05, 4.69) is 0 Å². The third-order valence-corrected chi connectivity index (χ3v) is 20.9. The minimum Gasteiger partial charge on any atom is -0.459 e. The Morgan fingerprint density at radius 3 is 1.07 bits per heavy atom. The summed E-state index contributed by atoms with van der Waals surface area (Å²) in [5.41, 5.74) is 4.79. The van der Waals surface area contributed by atoms with Crippen LogP contribution in [0.15, 0.2) is 315 Å². The van der Waals surface area contributed by atoms with Crippen LogP contribution >= 0.6 is 0 Å². The highest BCUT2D eigenvalue weighted by atomic mass is 16.5. The van der Waals surface area contributed by atoms with Crippen LogP contribution in [0.3, 0.4) is 0 Å². The number of para-hydroxylation sites is 8. The molecule has 0 spiro atoms. The third-order valence-electron chi connectivity index (χ3n) is 20.9. The Morgan fingerprint density at radius 2 is 0.660 bits per heavy atom. The van der Waals surface area contributed by atoms with E-state index >= 15 is 0 Å². The lowest BCUT2D eigenvalue weighted by atomic mass is 9.28. The Kier molecular flexibility index (Phi) is 7.28. The van der Waals surface area contributed by atoms with Gasteiger partial charge in [-0.1, -0.05) is 266 Å². The van der Waals surface area contributed by atoms with Gasteiger partial charge in [0.25, 0.3) is 20.1 Å². The van der Waals surface area contributed by atoms with E-state index in [1.165, 1.54) is 9.13 Å². The zero-order valence-corrected chi connectivity index (χ0v) is 52.2. The average molecular weight is 1290 g/mol. The van der Waals surface area contributed by atoms with Crippen molar-refractivity contribution in [3.63, 3.8) is 0 Å². The smallest absolute Gasteiger partial charge is 0.261 e. The minimum absolute atomic E-state index is 0.0116. The molecule has 0 bridgehead atoms. The molecule has 0 saturated carbocycles. The van der Waals surface area contributed by atoms with Crippen LogP contribution in [0.1, 0.15) is 39.8 Å². The number of anilines is 6. The minimum atomic E-state index is -3.06. The summed E-state index contributed by atoms with van der Waals surface area (Å²) in [5.74, 6) is -1.36. The van der Waals surface area contributed by atoms with E-state index in [4.69, 9.17) is 9.47 Å². The number of benzene rings is 15. The van der Waals surface area contributed by atoms with Crippen LogP contribution in [-0.4, -0.2) is 29.3 Å². The van der Waals surface area contributed by atoms with Gasteiger partial charge in [0.05, 0.1) is 52.6 Å². The van der Waals surface area contributed by atoms with Gasteiger partial charge in [0.15, 0.2) is 0 Å². The molecule has 6 aliphatic rings. The summed E-state index contributed by atoms with van der Waals surface area (Å²) in [5, 5.41) is -0.815. The molecule has 0 saturated heterocycles. The van der Waals surface area contributed by atoms with Gasteiger partial charge in [-0.2, -0.15) is 0 Å². The van der Waals surface area contributed by atoms with Crippen LogP contribution in [0.4, 0.5) is 34.1 Å². The molecule has 0 radical (unpaired) electrons. The second kappa shape index (κ2) is 20.2. The summed E-state index contributed by atoms with van der Waals surface area (Å²) in [6, 6.07) is 40.9. The second-order valence-electron chi connectivity index (χ2n) is 25.7. The van der Waals surface area contributed by atoms with Crippen molar-refractivity contribution < 1.29 is 43.7 Å². The molecule has 0 unspecified atom stereocenters. The van der Waals surface area contributed by atoms with Gasteiger partial charge in [-0.3, -0.25) is 0 Å². The fourth-order valence-electron chi connectivity index (χ4n) is 17.2. The molecule has 8 heterocycles. The highest BCUT2D eigenvalue weighted by molar-refractivity contribution is 7.05. The predicted octanol–water partition coefficient (Wildman–Crippen LogP) is 16.8. The molecule has 17 aromatic rings. The molecule has 0 amide bonds. The van der Waals surface area contributed by atoms with Crippen molar-refractivity contribution >= 4 is 147 Å². The quantitative estimate of drug-likeness (QED) is 0.155. The number of fused-ring (bicyclic) bond motifs is 20. The van der Waals surface area contributed by atoms with Crippen molar-refractivity contribution in [2.45, 2.75) is 6.85 Å². The van der Waals surface area contributed by atoms with Gasteiger partial charge in [0, 0.05) is 93.1 Å². The molecule has 6 nitrogen and oxygen atoms in total. The number of rotatable bonds is 6. The molecular weight excluding hydrogens is 1210 g/mol. The molecular formula is C91H55B3N4O2. The summed E-state index contributed by atoms with van der Waals surface area (Å²) < 4.78 is 266. The summed E-state index contributed by atoms with van der Waals surface area (Å²) in [6.07, 6.45) is 0. The maximum atomic E-state index is 10.4. The van der Waals surface area contributed by atoms with Crippen molar-refractivity contribution in [3.05, 3.63) is 320 Å². The first-order chi connectivity index (χ1) is 60.0. The van der Waals surface area contributed by atoms with Gasteiger partial charge in [-0.15, -0.1) is 0 Å². The van der Waals surface area contributed by atoms with Crippen LogP contribution in [0.5, 0.6) is 23.0 Å². The monoisotopic (exact) mass is 1290 g/mol. The lowest BCUT2D eigenvalue weighted by Gasteiger charge is -2.48. The number of ether oxygens (including phenoxy) is 2. The van der Waals surface area contributed by atoms with E-state index in [9.17, 15) is 34.3 Å². The van der Waals surface area contributed by atoms with Gasteiger partial charge < -0.3 is 28.4 Å². The number of nitrogens with zero attached hydrogens (tertiary/aromatic N) is 4. The van der Waals surface area contributed by atoms with Crippen LogP contribution in [0, 0.1) is 6.85 Å². The van der Waals surface area contributed by atoms with Crippen molar-refractivity contribution in [1.82, 2.24) is 9.13 Å². The zero-order valence-electron chi connectivity index (χ0n) is 77.2. The second-order valence-corrected chi connectivity index (χ2v) is 25.7. The summed E-state index contributed by atoms with van der Waals surface area (Å²) in [6.45, 7) is -7.97. The van der Waals surface area contributed by atoms with Gasteiger partial charge >= 0.3 is 0 Å². The summed E-state index contributed by atoms with van der Waals surface area (Å²) in [4.78, 5) is 3.80. The highest BCUT2D eigenvalue weighted by Crippen LogP contribution is 2.56. The van der Waals surface area contributed by atoms with Crippen LogP contribution < -0.4 is 68.4 Å². The first-order valence-electron chi connectivity index (χ1n) is 45.3. The Hall–Kier alpha value is -12.7. The van der Waals surface area contributed by atoms with Gasteiger partial charge in [-0.05, 0) is 132 Å². The van der Waals surface area contributed by atoms with E-state index in [-0.39, 0.29) is 144 Å². The SMILES string of the molecule is [2H]c1c([2H])c([2H])c2c(c1[2H])Oc1c3c(cc4c1B2c1c([2H])c([2H])c([2H])c2c5c([2H])c([2H])c([2H])c([2H])c5n-4c12)N(c1c(-c2ccccc2)cccc1-c1ccccc1)c1cc(C([2H])([2H])[2H])cc2c1B3c1c(cc3c4c1Oc1c([2H])c([2H])c([2H])c([2H])c1B4c1c([2H])c([2H])c([2H])c4c5c([2H])c([2H])c([2H])c([2H])c5n-3c14)N2c1c(-c2ccccc2)cccc1-c1ccccc1. The largest absolute Gasteiger partial charge is 0.459 e. The molecule has 0 atom stereocenters. The van der Waals surface area contributed by atoms with E-state index in [1.54, 1.807) is 24.3 Å². The van der Waals surface area contributed by atoms with Gasteiger partial charge in [0.2, 0.25) is 0 Å². The Morgan fingerprint density at radius 1 is 0.310 bits per heavy atom. The van der Waals surface area contributed by atoms with E-state index in [0.717, 1.165) is 0 Å². The molecule has 100 heavy (non-hydrogen) atoms. The van der Waals surface area contributed by atoms with Crippen molar-refractivity contribution in [2.75, 3.05) is 9.80 Å². The van der Waals surface area contributed by atoms with Gasteiger partial charge in [0.1, 0.15) is 23.0 Å². The number of aromatic nitrogens is 2. The fourth-order valence-corrected chi connectivity index (χ4v) is 17.2. The van der Waals surface area contributed by atoms with E-state index < -0.39 is 171 Å². The third kappa shape index (κ3) is 7.14. The maximum absolute atomic E-state index is 10.4. The lowest BCUT2D eigenvalue weighted by molar-refractivity contribution is 0.490. The van der Waals surface area contributed by atoms with E-state index in [0.29, 0.717) is 55.9 Å². The van der Waals surface area contributed by atoms with Crippen molar-refractivity contribution in [2.24, 2.45) is 0 Å². The predicted molar refractivity (Wildman–Crippen MR) is 418 cm³/mol. The normalized spacial score (nSPS) is 17.2. The van der Waals surface area contributed by atoms with Crippen LogP contribution in [0.2, 0.25) is 0 Å². The molecule has 9 heteroatoms. The van der Waals surface area contributed by atoms with E-state index in [1.807, 2.05) is 168 Å². The fraction of sp³-hybridized carbons (Fsp3) is 0.0110. The van der Waals surface area contributed by atoms with Crippen molar-refractivity contribution in [1.29, 1.82) is 0 Å². The first kappa shape index (κ1) is 36.0. The first-order valence-corrected chi connectivity index (χ1v) is 32.8. The number of aryl methyl sites for hydroxylation is 1. The van der Waals surface area contributed by atoms with Crippen molar-refractivity contribution in [3.8, 4) is 78.9 Å². The number of hydrogen-bond donors (Lipinski definition) is 0. The average Bonchev–Trinajstić information content (AvgIpc) is 1.65. The summed E-state index contributed by atoms with van der Waals surface area (Å²) >= 11 is 0. The molecule has 6 aliphatic heterocycles. The lowest BCUT2D eigenvalue weighted by Crippen LogP contribution is -2.67. The van der Waals surface area contributed by atoms with Gasteiger partial charge in [-0.25, -0.2) is 0 Å². The molecule has 23 rings (SSSR count). The van der Waals surface area contributed by atoms with Crippen LogP contribution in [-0.2, 0) is 0 Å². The highest BCUT2D eigenvalue weighted by Gasteiger charge is 2.54. The molecule has 15 aromatic carbocycles. The maximum Gasteiger partial charge on any atom is 0.261 e. The molecule has 2 aromatic heterocycles. The zero-order chi connectivity index (χ0) is 86.8. The van der Waals surface area contributed by atoms with Crippen LogP contribution in [0.25, 0.3) is 99.5 Å². The Bertz CT molecular complexity index is 7410. The Balaban J connectivity index is 1.01. The number of hydrogen-bond acceptors (Lipinski definition) is 4. The molecule has 0 N–H and O–H groups in total.